The number of nitrogens with zero attached hydrogens (tertiary/aromatic N) is 1. The Morgan fingerprint density at radius 2 is 2.12 bits per heavy atom. The molecule has 16 heavy (non-hydrogen) atoms. The second-order valence-electron chi connectivity index (χ2n) is 4.29. The monoisotopic (exact) mass is 235 g/mol. The molecule has 1 aliphatic rings. The highest BCUT2D eigenvalue weighted by molar-refractivity contribution is 7.99. The maximum Gasteiger partial charge on any atom is 0.162 e. The molecule has 1 heterocycles. The molecule has 86 valence electrons. The van der Waals surface area contributed by atoms with Crippen LogP contribution in [-0.2, 0) is 0 Å². The van der Waals surface area contributed by atoms with Gasteiger partial charge in [0.1, 0.15) is 5.03 Å². The Kier molecular flexibility index (Phi) is 3.99. The van der Waals surface area contributed by atoms with Crippen molar-refractivity contribution in [2.24, 2.45) is 0 Å². The van der Waals surface area contributed by atoms with Crippen molar-refractivity contribution in [2.45, 2.75) is 49.3 Å². The SMILES string of the molecule is CC(=O)c1cccnc1SC1CCCCC1. The Bertz CT molecular complexity index is 372. The number of thioether (sulfide) groups is 1. The Labute approximate surface area is 101 Å². The lowest BCUT2D eigenvalue weighted by molar-refractivity contribution is 0.101. The first kappa shape index (κ1) is 11.6. The standard InChI is InChI=1S/C13H17NOS/c1-10(15)12-8-5-9-14-13(12)16-11-6-3-2-4-7-11/h5,8-9,11H,2-4,6-7H2,1H3. The number of pyridine rings is 1. The van der Waals surface area contributed by atoms with Gasteiger partial charge in [-0.3, -0.25) is 4.79 Å². The lowest BCUT2D eigenvalue weighted by Crippen LogP contribution is -2.09. The van der Waals surface area contributed by atoms with E-state index in [0.717, 1.165) is 10.6 Å². The molecule has 1 aliphatic carbocycles. The summed E-state index contributed by atoms with van der Waals surface area (Å²) in [5, 5.41) is 1.57. The fourth-order valence-corrected chi connectivity index (χ4v) is 3.44. The van der Waals surface area contributed by atoms with E-state index in [0.29, 0.717) is 5.25 Å². The van der Waals surface area contributed by atoms with Crippen LogP contribution < -0.4 is 0 Å². The lowest BCUT2D eigenvalue weighted by atomic mass is 10.0. The molecule has 0 aliphatic heterocycles. The molecule has 0 atom stereocenters. The highest BCUT2D eigenvalue weighted by atomic mass is 32.2. The highest BCUT2D eigenvalue weighted by Crippen LogP contribution is 2.34. The van der Waals surface area contributed by atoms with Gasteiger partial charge in [0.2, 0.25) is 0 Å². The Hall–Kier alpha value is -0.830. The summed E-state index contributed by atoms with van der Waals surface area (Å²) in [6.45, 7) is 1.61. The molecule has 0 aromatic carbocycles. The molecule has 1 fully saturated rings. The molecule has 0 bridgehead atoms. The third-order valence-electron chi connectivity index (χ3n) is 2.98. The predicted molar refractivity (Wildman–Crippen MR) is 67.0 cm³/mol. The molecule has 0 N–H and O–H groups in total. The number of hydrogen-bond acceptors (Lipinski definition) is 3. The topological polar surface area (TPSA) is 30.0 Å². The zero-order chi connectivity index (χ0) is 11.4. The molecule has 0 amide bonds. The van der Waals surface area contributed by atoms with Crippen LogP contribution in [0.5, 0.6) is 0 Å². The zero-order valence-corrected chi connectivity index (χ0v) is 10.4. The molecule has 1 aromatic rings. The smallest absolute Gasteiger partial charge is 0.162 e. The number of ketones is 1. The number of carbonyl (C=O) groups is 1. The normalized spacial score (nSPS) is 17.3. The van der Waals surface area contributed by atoms with Crippen molar-refractivity contribution in [1.29, 1.82) is 0 Å². The van der Waals surface area contributed by atoms with E-state index in [1.165, 1.54) is 32.1 Å². The largest absolute Gasteiger partial charge is 0.294 e. The number of Topliss-reactive ketones (excluding diaryl/α,β-unsaturated/α-hetero) is 1. The summed E-state index contributed by atoms with van der Waals surface area (Å²) < 4.78 is 0. The maximum atomic E-state index is 11.5. The number of aromatic nitrogens is 1. The summed E-state index contributed by atoms with van der Waals surface area (Å²) in [5.41, 5.74) is 0.776. The summed E-state index contributed by atoms with van der Waals surface area (Å²) in [7, 11) is 0. The molecule has 1 saturated carbocycles. The Morgan fingerprint density at radius 1 is 1.38 bits per heavy atom. The van der Waals surface area contributed by atoms with Crippen LogP contribution in [0.1, 0.15) is 49.4 Å². The zero-order valence-electron chi connectivity index (χ0n) is 9.61. The fraction of sp³-hybridized carbons (Fsp3) is 0.538. The van der Waals surface area contributed by atoms with Crippen LogP contribution in [0.25, 0.3) is 0 Å². The average molecular weight is 235 g/mol. The van der Waals surface area contributed by atoms with E-state index in [9.17, 15) is 4.79 Å². The van der Waals surface area contributed by atoms with Gasteiger partial charge in [-0.2, -0.15) is 0 Å². The predicted octanol–water partition coefficient (Wildman–Crippen LogP) is 3.71. The average Bonchev–Trinajstić information content (AvgIpc) is 2.31. The minimum atomic E-state index is 0.117. The van der Waals surface area contributed by atoms with E-state index in [1.54, 1.807) is 24.9 Å². The van der Waals surface area contributed by atoms with Crippen LogP contribution in [0.15, 0.2) is 23.4 Å². The van der Waals surface area contributed by atoms with Crippen LogP contribution in [-0.4, -0.2) is 16.0 Å². The minimum absolute atomic E-state index is 0.117. The highest BCUT2D eigenvalue weighted by Gasteiger charge is 2.17. The quantitative estimate of drug-likeness (QED) is 0.748. The van der Waals surface area contributed by atoms with Gasteiger partial charge in [0.15, 0.2) is 5.78 Å². The molecular weight excluding hydrogens is 218 g/mol. The van der Waals surface area contributed by atoms with E-state index in [4.69, 9.17) is 0 Å². The van der Waals surface area contributed by atoms with Crippen molar-refractivity contribution < 1.29 is 4.79 Å². The van der Waals surface area contributed by atoms with Gasteiger partial charge in [-0.15, -0.1) is 11.8 Å². The molecule has 3 heteroatoms. The molecule has 2 nitrogen and oxygen atoms in total. The number of carbonyl (C=O) groups excluding carboxylic acids is 1. The van der Waals surface area contributed by atoms with Crippen molar-refractivity contribution in [3.8, 4) is 0 Å². The van der Waals surface area contributed by atoms with Gasteiger partial charge in [0.05, 0.1) is 0 Å². The van der Waals surface area contributed by atoms with Crippen molar-refractivity contribution in [2.75, 3.05) is 0 Å². The van der Waals surface area contributed by atoms with Gasteiger partial charge in [-0.1, -0.05) is 19.3 Å². The first-order valence-electron chi connectivity index (χ1n) is 5.90. The van der Waals surface area contributed by atoms with Crippen molar-refractivity contribution in [3.05, 3.63) is 23.9 Å². The molecule has 0 saturated heterocycles. The van der Waals surface area contributed by atoms with Gasteiger partial charge >= 0.3 is 0 Å². The molecular formula is C13H17NOS. The van der Waals surface area contributed by atoms with Crippen LogP contribution in [0.3, 0.4) is 0 Å². The summed E-state index contributed by atoms with van der Waals surface area (Å²) >= 11 is 1.79. The number of rotatable bonds is 3. The van der Waals surface area contributed by atoms with Crippen LogP contribution in [0, 0.1) is 0 Å². The summed E-state index contributed by atoms with van der Waals surface area (Å²) in [5.74, 6) is 0.117. The first-order valence-corrected chi connectivity index (χ1v) is 6.78. The molecule has 0 radical (unpaired) electrons. The van der Waals surface area contributed by atoms with Crippen LogP contribution >= 0.6 is 11.8 Å². The molecule has 1 aromatic heterocycles. The van der Waals surface area contributed by atoms with E-state index < -0.39 is 0 Å². The van der Waals surface area contributed by atoms with Gasteiger partial charge in [-0.05, 0) is 31.9 Å². The van der Waals surface area contributed by atoms with E-state index >= 15 is 0 Å². The summed E-state index contributed by atoms with van der Waals surface area (Å²) in [6.07, 6.45) is 8.30. The van der Waals surface area contributed by atoms with Crippen molar-refractivity contribution >= 4 is 17.5 Å². The van der Waals surface area contributed by atoms with E-state index in [2.05, 4.69) is 4.98 Å². The molecule has 0 unspecified atom stereocenters. The molecule has 0 spiro atoms. The Balaban J connectivity index is 2.10. The van der Waals surface area contributed by atoms with Gasteiger partial charge in [0.25, 0.3) is 0 Å². The van der Waals surface area contributed by atoms with Crippen molar-refractivity contribution in [1.82, 2.24) is 4.98 Å². The van der Waals surface area contributed by atoms with E-state index in [-0.39, 0.29) is 5.78 Å². The summed E-state index contributed by atoms with van der Waals surface area (Å²) in [6, 6.07) is 3.71. The Morgan fingerprint density at radius 3 is 2.81 bits per heavy atom. The van der Waals surface area contributed by atoms with Gasteiger partial charge in [0, 0.05) is 17.0 Å². The fourth-order valence-electron chi connectivity index (χ4n) is 2.09. The lowest BCUT2D eigenvalue weighted by Gasteiger charge is -2.21. The summed E-state index contributed by atoms with van der Waals surface area (Å²) in [4.78, 5) is 15.8. The molecule has 2 rings (SSSR count). The minimum Gasteiger partial charge on any atom is -0.294 e. The van der Waals surface area contributed by atoms with Gasteiger partial charge < -0.3 is 0 Å². The second kappa shape index (κ2) is 5.48. The van der Waals surface area contributed by atoms with Crippen molar-refractivity contribution in [3.63, 3.8) is 0 Å². The third kappa shape index (κ3) is 2.85. The van der Waals surface area contributed by atoms with Crippen LogP contribution in [0.4, 0.5) is 0 Å². The second-order valence-corrected chi connectivity index (χ2v) is 5.58. The van der Waals surface area contributed by atoms with Crippen LogP contribution in [0.2, 0.25) is 0 Å². The number of hydrogen-bond donors (Lipinski definition) is 0. The van der Waals surface area contributed by atoms with Gasteiger partial charge in [-0.25, -0.2) is 4.98 Å². The third-order valence-corrected chi connectivity index (χ3v) is 4.33. The maximum absolute atomic E-state index is 11.5. The first-order chi connectivity index (χ1) is 7.77. The van der Waals surface area contributed by atoms with E-state index in [1.807, 2.05) is 12.1 Å².